The van der Waals surface area contributed by atoms with Crippen LogP contribution in [-0.2, 0) is 0 Å². The van der Waals surface area contributed by atoms with Crippen LogP contribution in [0.5, 0.6) is 0 Å². The minimum Gasteiger partial charge on any atom is -0.305 e. The lowest BCUT2D eigenvalue weighted by molar-refractivity contribution is 1.07. The van der Waals surface area contributed by atoms with Crippen molar-refractivity contribution in [2.75, 3.05) is 0 Å². The highest BCUT2D eigenvalue weighted by Gasteiger charge is 1.98. The van der Waals surface area contributed by atoms with Gasteiger partial charge in [-0.1, -0.05) is 17.4 Å². The van der Waals surface area contributed by atoms with Crippen molar-refractivity contribution in [1.29, 1.82) is 5.41 Å². The fourth-order valence-electron chi connectivity index (χ4n) is 0.751. The van der Waals surface area contributed by atoms with Crippen molar-refractivity contribution in [3.05, 3.63) is 33.4 Å². The summed E-state index contributed by atoms with van der Waals surface area (Å²) in [6.45, 7) is 0. The van der Waals surface area contributed by atoms with Gasteiger partial charge in [0.05, 0.1) is 0 Å². The van der Waals surface area contributed by atoms with Crippen LogP contribution in [0.1, 0.15) is 5.56 Å². The molecule has 3 N–H and O–H groups in total. The van der Waals surface area contributed by atoms with Gasteiger partial charge in [0.15, 0.2) is 5.84 Å². The van der Waals surface area contributed by atoms with Gasteiger partial charge in [-0.2, -0.15) is 0 Å². The van der Waals surface area contributed by atoms with Crippen LogP contribution in [0.3, 0.4) is 0 Å². The number of benzene rings is 1. The second kappa shape index (κ2) is 4.15. The molecule has 1 aromatic rings. The molecule has 0 aromatic heterocycles. The molecular formula is C7H7IN4. The zero-order chi connectivity index (χ0) is 8.97. The summed E-state index contributed by atoms with van der Waals surface area (Å²) in [6, 6.07) is 7.44. The topological polar surface area (TPSA) is 74.6 Å². The van der Waals surface area contributed by atoms with Crippen molar-refractivity contribution in [2.45, 2.75) is 0 Å². The third-order valence-corrected chi connectivity index (χ3v) is 1.93. The van der Waals surface area contributed by atoms with E-state index >= 15 is 0 Å². The van der Waals surface area contributed by atoms with E-state index in [2.05, 4.69) is 32.9 Å². The molecule has 1 aromatic carbocycles. The van der Waals surface area contributed by atoms with Gasteiger partial charge in [0.2, 0.25) is 0 Å². The van der Waals surface area contributed by atoms with Gasteiger partial charge in [-0.05, 0) is 34.7 Å². The average molecular weight is 274 g/mol. The number of rotatable bonds is 1. The Hall–Kier alpha value is -0.980. The van der Waals surface area contributed by atoms with Gasteiger partial charge in [0, 0.05) is 9.13 Å². The molecule has 4 nitrogen and oxygen atoms in total. The van der Waals surface area contributed by atoms with E-state index in [9.17, 15) is 0 Å². The van der Waals surface area contributed by atoms with Crippen molar-refractivity contribution in [1.82, 2.24) is 0 Å². The highest BCUT2D eigenvalue weighted by atomic mass is 127. The molecule has 0 saturated heterocycles. The van der Waals surface area contributed by atoms with Crippen molar-refractivity contribution in [3.63, 3.8) is 0 Å². The van der Waals surface area contributed by atoms with E-state index in [1.54, 1.807) is 6.07 Å². The Morgan fingerprint density at radius 1 is 1.50 bits per heavy atom. The van der Waals surface area contributed by atoms with E-state index < -0.39 is 0 Å². The molecule has 5 heteroatoms. The molecule has 0 amide bonds. The normalized spacial score (nSPS) is 10.4. The molecule has 0 atom stereocenters. The van der Waals surface area contributed by atoms with Gasteiger partial charge in [-0.15, -0.1) is 5.11 Å². The largest absolute Gasteiger partial charge is 0.305 e. The Labute approximate surface area is 83.5 Å². The molecule has 0 saturated carbocycles. The van der Waals surface area contributed by atoms with Crippen molar-refractivity contribution < 1.29 is 0 Å². The minimum atomic E-state index is 0.0796. The van der Waals surface area contributed by atoms with Crippen LogP contribution in [0.15, 0.2) is 34.6 Å². The van der Waals surface area contributed by atoms with Crippen molar-refractivity contribution in [2.24, 2.45) is 16.2 Å². The maximum absolute atomic E-state index is 7.38. The van der Waals surface area contributed by atoms with Gasteiger partial charge >= 0.3 is 0 Å². The fourth-order valence-corrected chi connectivity index (χ4v) is 1.29. The third kappa shape index (κ3) is 2.26. The molecule has 1 rings (SSSR count). The van der Waals surface area contributed by atoms with E-state index in [-0.39, 0.29) is 5.84 Å². The van der Waals surface area contributed by atoms with E-state index in [0.717, 1.165) is 9.13 Å². The third-order valence-electron chi connectivity index (χ3n) is 1.26. The number of halogens is 1. The van der Waals surface area contributed by atoms with E-state index in [4.69, 9.17) is 11.3 Å². The number of nitrogens with two attached hydrogens (primary N) is 1. The number of nitrogens with zero attached hydrogens (tertiary/aromatic N) is 2. The standard InChI is InChI=1S/C7H7IN4/c8-6-3-1-2-5(4-6)7(9)11-12-10/h1-4H,(H3,9,10,11). The predicted octanol–water partition coefficient (Wildman–Crippen LogP) is 1.94. The van der Waals surface area contributed by atoms with Gasteiger partial charge in [-0.25, -0.2) is 0 Å². The zero-order valence-electron chi connectivity index (χ0n) is 6.16. The minimum absolute atomic E-state index is 0.0796. The van der Waals surface area contributed by atoms with Crippen molar-refractivity contribution >= 4 is 28.4 Å². The molecular weight excluding hydrogens is 267 g/mol. The molecule has 0 aliphatic carbocycles. The first kappa shape index (κ1) is 9.11. The zero-order valence-corrected chi connectivity index (χ0v) is 8.32. The molecule has 0 bridgehead atoms. The average Bonchev–Trinajstić information content (AvgIpc) is 2.05. The Bertz CT molecular complexity index is 321. The summed E-state index contributed by atoms with van der Waals surface area (Å²) in [4.78, 5) is 0. The summed E-state index contributed by atoms with van der Waals surface area (Å²) < 4.78 is 1.06. The molecule has 0 radical (unpaired) electrons. The smallest absolute Gasteiger partial charge is 0.176 e. The summed E-state index contributed by atoms with van der Waals surface area (Å²) in [6.07, 6.45) is 0. The molecule has 0 heterocycles. The summed E-state index contributed by atoms with van der Waals surface area (Å²) in [7, 11) is 0. The molecule has 0 aliphatic heterocycles. The van der Waals surface area contributed by atoms with Gasteiger partial charge in [-0.3, -0.25) is 5.41 Å². The van der Waals surface area contributed by atoms with Crippen LogP contribution in [0.25, 0.3) is 0 Å². The molecule has 0 spiro atoms. The quantitative estimate of drug-likeness (QED) is 0.201. The Kier molecular flexibility index (Phi) is 3.15. The number of hydrogen-bond acceptors (Lipinski definition) is 2. The molecule has 0 aliphatic rings. The highest BCUT2D eigenvalue weighted by molar-refractivity contribution is 14.1. The Morgan fingerprint density at radius 3 is 2.83 bits per heavy atom. The lowest BCUT2D eigenvalue weighted by Gasteiger charge is -1.96. The van der Waals surface area contributed by atoms with Gasteiger partial charge in [0.1, 0.15) is 0 Å². The lowest BCUT2D eigenvalue weighted by atomic mass is 10.2. The second-order valence-corrected chi connectivity index (χ2v) is 3.32. The van der Waals surface area contributed by atoms with Crippen LogP contribution in [0.2, 0.25) is 0 Å². The maximum atomic E-state index is 7.38. The molecule has 0 fully saturated rings. The van der Waals surface area contributed by atoms with Crippen LogP contribution < -0.4 is 5.84 Å². The first-order valence-corrected chi connectivity index (χ1v) is 4.27. The Balaban J connectivity index is 2.96. The number of amidine groups is 1. The summed E-state index contributed by atoms with van der Waals surface area (Å²) in [5.41, 5.74) is 0.719. The van der Waals surface area contributed by atoms with Crippen LogP contribution in [0, 0.1) is 8.98 Å². The van der Waals surface area contributed by atoms with E-state index in [1.807, 2.05) is 18.2 Å². The molecule has 0 unspecified atom stereocenters. The second-order valence-electron chi connectivity index (χ2n) is 2.07. The van der Waals surface area contributed by atoms with Crippen molar-refractivity contribution in [3.8, 4) is 0 Å². The first-order chi connectivity index (χ1) is 5.74. The summed E-state index contributed by atoms with van der Waals surface area (Å²) >= 11 is 2.17. The number of hydrogen-bond donors (Lipinski definition) is 2. The van der Waals surface area contributed by atoms with Crippen LogP contribution >= 0.6 is 22.6 Å². The summed E-state index contributed by atoms with van der Waals surface area (Å²) in [5, 5.41) is 13.8. The van der Waals surface area contributed by atoms with Gasteiger partial charge in [0.25, 0.3) is 0 Å². The van der Waals surface area contributed by atoms with E-state index in [0.29, 0.717) is 0 Å². The predicted molar refractivity (Wildman–Crippen MR) is 55.0 cm³/mol. The lowest BCUT2D eigenvalue weighted by Crippen LogP contribution is -1.95. The SMILES string of the molecule is N=C(N=NN)c1cccc(I)c1. The van der Waals surface area contributed by atoms with Gasteiger partial charge < -0.3 is 5.84 Å². The molecule has 62 valence electrons. The first-order valence-electron chi connectivity index (χ1n) is 3.19. The number of nitrogens with one attached hydrogen (secondary N) is 1. The molecule has 12 heavy (non-hydrogen) atoms. The van der Waals surface area contributed by atoms with E-state index in [1.165, 1.54) is 0 Å². The van der Waals surface area contributed by atoms with Crippen LogP contribution in [0.4, 0.5) is 0 Å². The highest BCUT2D eigenvalue weighted by Crippen LogP contribution is 2.08. The maximum Gasteiger partial charge on any atom is 0.176 e. The van der Waals surface area contributed by atoms with Crippen LogP contribution in [-0.4, -0.2) is 5.84 Å². The fraction of sp³-hybridized carbons (Fsp3) is 0. The monoisotopic (exact) mass is 274 g/mol. The summed E-state index contributed by atoms with van der Waals surface area (Å²) in [5.74, 6) is 4.90. The Morgan fingerprint density at radius 2 is 2.25 bits per heavy atom.